The molecule has 0 radical (unpaired) electrons. The molecular weight excluding hydrogens is 394 g/mol. The first-order valence-corrected chi connectivity index (χ1v) is 10.6. The number of carboxylic acids is 1. The predicted octanol–water partition coefficient (Wildman–Crippen LogP) is 5.08. The maximum absolute atomic E-state index is 13.3. The van der Waals surface area contributed by atoms with Gasteiger partial charge in [0.15, 0.2) is 0 Å². The Morgan fingerprint density at radius 3 is 2.48 bits per heavy atom. The number of fused-ring (bicyclic) bond motifs is 1. The number of methoxy groups -OCH3 is 1. The maximum atomic E-state index is 13.3. The van der Waals surface area contributed by atoms with E-state index in [0.717, 1.165) is 24.0 Å². The molecule has 3 aromatic rings. The van der Waals surface area contributed by atoms with Gasteiger partial charge in [-0.15, -0.1) is 0 Å². The number of unbranched alkanes of at least 4 members (excludes halogenated alkanes) is 1. The number of aliphatic carboxylic acids is 1. The molecule has 0 atom stereocenters. The number of benzene rings is 2. The lowest BCUT2D eigenvalue weighted by molar-refractivity contribution is -0.137. The molecule has 2 aromatic carbocycles. The molecule has 0 aliphatic rings. The quantitative estimate of drug-likeness (QED) is 0.435. The standard InChI is InChI=1S/C25H29NO5/c1-18-15-21-22(30-2)16-20(17-23(21)31-18)25(29)26(13-7-6-12-24(27)28)14-8-11-19-9-4-3-5-10-19/h3-5,9-10,15-17H,6-8,11-14H2,1-2H3,(H,27,28). The molecule has 164 valence electrons. The van der Waals surface area contributed by atoms with Crippen LogP contribution >= 0.6 is 0 Å². The highest BCUT2D eigenvalue weighted by molar-refractivity contribution is 5.99. The summed E-state index contributed by atoms with van der Waals surface area (Å²) in [6.07, 6.45) is 2.99. The highest BCUT2D eigenvalue weighted by atomic mass is 16.5. The minimum atomic E-state index is -0.815. The van der Waals surface area contributed by atoms with Gasteiger partial charge in [-0.25, -0.2) is 0 Å². The molecule has 1 heterocycles. The second-order valence-corrected chi connectivity index (χ2v) is 7.68. The van der Waals surface area contributed by atoms with Crippen LogP contribution in [-0.2, 0) is 11.2 Å². The molecular formula is C25H29NO5. The Kier molecular flexibility index (Phi) is 7.70. The summed E-state index contributed by atoms with van der Waals surface area (Å²) in [4.78, 5) is 26.0. The van der Waals surface area contributed by atoms with Crippen molar-refractivity contribution >= 4 is 22.8 Å². The molecule has 0 unspecified atom stereocenters. The SMILES string of the molecule is COc1cc(C(=O)N(CCCCC(=O)O)CCCc2ccccc2)cc2oc(C)cc12. The number of carbonyl (C=O) groups is 2. The summed E-state index contributed by atoms with van der Waals surface area (Å²) in [6.45, 7) is 2.97. The van der Waals surface area contributed by atoms with Gasteiger partial charge in [0.05, 0.1) is 12.5 Å². The highest BCUT2D eigenvalue weighted by Gasteiger charge is 2.19. The number of aryl methyl sites for hydroxylation is 2. The van der Waals surface area contributed by atoms with Gasteiger partial charge >= 0.3 is 5.97 Å². The van der Waals surface area contributed by atoms with E-state index in [-0.39, 0.29) is 12.3 Å². The lowest BCUT2D eigenvalue weighted by Crippen LogP contribution is -2.33. The fourth-order valence-electron chi connectivity index (χ4n) is 3.72. The van der Waals surface area contributed by atoms with Gasteiger partial charge in [-0.1, -0.05) is 30.3 Å². The number of furan rings is 1. The number of hydrogen-bond acceptors (Lipinski definition) is 4. The lowest BCUT2D eigenvalue weighted by atomic mass is 10.1. The molecule has 0 saturated carbocycles. The average molecular weight is 424 g/mol. The van der Waals surface area contributed by atoms with Crippen LogP contribution in [0.1, 0.15) is 47.4 Å². The topological polar surface area (TPSA) is 80.0 Å². The minimum Gasteiger partial charge on any atom is -0.496 e. The molecule has 1 N–H and O–H groups in total. The summed E-state index contributed by atoms with van der Waals surface area (Å²) in [7, 11) is 1.58. The summed E-state index contributed by atoms with van der Waals surface area (Å²) in [5.41, 5.74) is 2.36. The van der Waals surface area contributed by atoms with E-state index >= 15 is 0 Å². The monoisotopic (exact) mass is 423 g/mol. The molecule has 31 heavy (non-hydrogen) atoms. The van der Waals surface area contributed by atoms with E-state index in [9.17, 15) is 9.59 Å². The molecule has 0 aliphatic carbocycles. The number of carboxylic acid groups (broad SMARTS) is 1. The number of rotatable bonds is 11. The molecule has 6 heteroatoms. The molecule has 3 rings (SSSR count). The van der Waals surface area contributed by atoms with Gasteiger partial charge in [0.2, 0.25) is 0 Å². The van der Waals surface area contributed by atoms with Gasteiger partial charge in [0.1, 0.15) is 17.1 Å². The maximum Gasteiger partial charge on any atom is 0.303 e. The van der Waals surface area contributed by atoms with Crippen molar-refractivity contribution in [1.29, 1.82) is 0 Å². The van der Waals surface area contributed by atoms with Crippen molar-refractivity contribution in [3.63, 3.8) is 0 Å². The second-order valence-electron chi connectivity index (χ2n) is 7.68. The van der Waals surface area contributed by atoms with Crippen molar-refractivity contribution in [2.24, 2.45) is 0 Å². The van der Waals surface area contributed by atoms with Crippen molar-refractivity contribution < 1.29 is 23.8 Å². The first-order chi connectivity index (χ1) is 15.0. The van der Waals surface area contributed by atoms with Crippen LogP contribution in [0.2, 0.25) is 0 Å². The van der Waals surface area contributed by atoms with Crippen molar-refractivity contribution in [3.8, 4) is 5.75 Å². The number of carbonyl (C=O) groups excluding carboxylic acids is 1. The Morgan fingerprint density at radius 1 is 1.03 bits per heavy atom. The Morgan fingerprint density at radius 2 is 1.77 bits per heavy atom. The Balaban J connectivity index is 1.75. The van der Waals surface area contributed by atoms with Gasteiger partial charge in [-0.05, 0) is 56.4 Å². The number of hydrogen-bond donors (Lipinski definition) is 1. The second kappa shape index (κ2) is 10.7. The van der Waals surface area contributed by atoms with E-state index < -0.39 is 5.97 Å². The van der Waals surface area contributed by atoms with Crippen LogP contribution in [0.5, 0.6) is 5.75 Å². The van der Waals surface area contributed by atoms with Crippen molar-refractivity contribution in [2.75, 3.05) is 20.2 Å². The van der Waals surface area contributed by atoms with Crippen LogP contribution in [0.25, 0.3) is 11.0 Å². The molecule has 6 nitrogen and oxygen atoms in total. The third-order valence-electron chi connectivity index (χ3n) is 5.28. The van der Waals surface area contributed by atoms with Crippen LogP contribution in [0.4, 0.5) is 0 Å². The van der Waals surface area contributed by atoms with Gasteiger partial charge in [-0.2, -0.15) is 0 Å². The van der Waals surface area contributed by atoms with Crippen LogP contribution < -0.4 is 4.74 Å². The molecule has 0 aliphatic heterocycles. The molecule has 0 saturated heterocycles. The number of nitrogens with zero attached hydrogens (tertiary/aromatic N) is 1. The minimum absolute atomic E-state index is 0.0994. The summed E-state index contributed by atoms with van der Waals surface area (Å²) < 4.78 is 11.2. The fourth-order valence-corrected chi connectivity index (χ4v) is 3.72. The highest BCUT2D eigenvalue weighted by Crippen LogP contribution is 2.30. The van der Waals surface area contributed by atoms with Crippen LogP contribution in [0, 0.1) is 6.92 Å². The third kappa shape index (κ3) is 6.10. The summed E-state index contributed by atoms with van der Waals surface area (Å²) in [5, 5.41) is 9.73. The Labute approximate surface area is 182 Å². The predicted molar refractivity (Wildman–Crippen MR) is 120 cm³/mol. The third-order valence-corrected chi connectivity index (χ3v) is 5.28. The zero-order valence-electron chi connectivity index (χ0n) is 18.1. The molecule has 1 amide bonds. The van der Waals surface area contributed by atoms with E-state index in [2.05, 4.69) is 12.1 Å². The largest absolute Gasteiger partial charge is 0.496 e. The summed E-state index contributed by atoms with van der Waals surface area (Å²) in [6, 6.07) is 15.6. The van der Waals surface area contributed by atoms with Crippen molar-refractivity contribution in [2.45, 2.75) is 39.0 Å². The van der Waals surface area contributed by atoms with Crippen molar-refractivity contribution in [1.82, 2.24) is 4.90 Å². The number of amides is 1. The molecule has 0 spiro atoms. The zero-order valence-corrected chi connectivity index (χ0v) is 18.1. The van der Waals surface area contributed by atoms with E-state index in [1.807, 2.05) is 31.2 Å². The fraction of sp³-hybridized carbons (Fsp3) is 0.360. The van der Waals surface area contributed by atoms with E-state index in [1.165, 1.54) is 5.56 Å². The van der Waals surface area contributed by atoms with Gasteiger partial charge in [0.25, 0.3) is 5.91 Å². The normalized spacial score (nSPS) is 10.9. The van der Waals surface area contributed by atoms with Crippen molar-refractivity contribution in [3.05, 3.63) is 65.4 Å². The summed E-state index contributed by atoms with van der Waals surface area (Å²) in [5.74, 6) is 0.446. The molecule has 0 bridgehead atoms. The lowest BCUT2D eigenvalue weighted by Gasteiger charge is -2.23. The van der Waals surface area contributed by atoms with Crippen LogP contribution in [0.3, 0.4) is 0 Å². The van der Waals surface area contributed by atoms with Gasteiger partial charge < -0.3 is 19.2 Å². The Bertz CT molecular complexity index is 1030. The zero-order chi connectivity index (χ0) is 22.2. The Hall–Kier alpha value is -3.28. The molecule has 0 fully saturated rings. The van der Waals surface area contributed by atoms with E-state index in [4.69, 9.17) is 14.3 Å². The number of ether oxygens (including phenoxy) is 1. The van der Waals surface area contributed by atoms with Crippen LogP contribution in [0.15, 0.2) is 52.9 Å². The molecule has 1 aromatic heterocycles. The summed E-state index contributed by atoms with van der Waals surface area (Å²) >= 11 is 0. The van der Waals surface area contributed by atoms with E-state index in [0.29, 0.717) is 42.8 Å². The van der Waals surface area contributed by atoms with Gasteiger partial charge in [0, 0.05) is 25.1 Å². The first-order valence-electron chi connectivity index (χ1n) is 10.6. The van der Waals surface area contributed by atoms with Crippen LogP contribution in [-0.4, -0.2) is 42.1 Å². The average Bonchev–Trinajstić information content (AvgIpc) is 3.14. The smallest absolute Gasteiger partial charge is 0.303 e. The van der Waals surface area contributed by atoms with E-state index in [1.54, 1.807) is 24.1 Å². The van der Waals surface area contributed by atoms with Gasteiger partial charge in [-0.3, -0.25) is 9.59 Å². The first kappa shape index (κ1) is 22.4.